The quantitative estimate of drug-likeness (QED) is 0.844. The lowest BCUT2D eigenvalue weighted by Gasteiger charge is -2.31. The van der Waals surface area contributed by atoms with Crippen molar-refractivity contribution in [1.29, 1.82) is 0 Å². The second-order valence-electron chi connectivity index (χ2n) is 8.48. The van der Waals surface area contributed by atoms with E-state index in [1.54, 1.807) is 11.6 Å². The molecule has 0 amide bonds. The van der Waals surface area contributed by atoms with E-state index in [1.807, 2.05) is 20.0 Å². The van der Waals surface area contributed by atoms with E-state index >= 15 is 0 Å². The van der Waals surface area contributed by atoms with E-state index in [9.17, 15) is 14.4 Å². The minimum absolute atomic E-state index is 0.00165. The maximum absolute atomic E-state index is 13.2. The number of aromatic nitrogens is 3. The summed E-state index contributed by atoms with van der Waals surface area (Å²) in [7, 11) is 0. The van der Waals surface area contributed by atoms with Crippen LogP contribution in [-0.2, 0) is 27.3 Å². The van der Waals surface area contributed by atoms with Crippen LogP contribution in [0.4, 0.5) is 0 Å². The number of fused-ring (bicyclic) bond motifs is 2. The largest absolute Gasteiger partial charge is 0.324 e. The van der Waals surface area contributed by atoms with Crippen LogP contribution in [0.2, 0.25) is 0 Å². The van der Waals surface area contributed by atoms with Gasteiger partial charge in [0.15, 0.2) is 5.78 Å². The van der Waals surface area contributed by atoms with Gasteiger partial charge in [-0.2, -0.15) is 0 Å². The van der Waals surface area contributed by atoms with E-state index in [0.717, 1.165) is 25.1 Å². The number of aryl methyl sites for hydroxylation is 1. The summed E-state index contributed by atoms with van der Waals surface area (Å²) in [4.78, 5) is 37.1. The van der Waals surface area contributed by atoms with Crippen LogP contribution in [0.25, 0.3) is 0 Å². The first-order valence-electron chi connectivity index (χ1n) is 9.84. The molecular formula is C20H32N4O3. The number of nitrogens with two attached hydrogens (primary N) is 1. The van der Waals surface area contributed by atoms with Gasteiger partial charge in [-0.15, -0.1) is 5.10 Å². The zero-order valence-corrected chi connectivity index (χ0v) is 16.8. The minimum Gasteiger partial charge on any atom is -0.324 e. The van der Waals surface area contributed by atoms with Gasteiger partial charge < -0.3 is 10.5 Å². The fraction of sp³-hybridized carbons (Fsp3) is 0.750. The molecule has 7 nitrogen and oxygen atoms in total. The van der Waals surface area contributed by atoms with Crippen LogP contribution in [0.5, 0.6) is 0 Å². The first-order valence-corrected chi connectivity index (χ1v) is 9.84. The number of hydrogen-bond donors (Lipinski definition) is 1. The van der Waals surface area contributed by atoms with E-state index in [0.29, 0.717) is 38.5 Å². The van der Waals surface area contributed by atoms with Crippen molar-refractivity contribution in [2.45, 2.75) is 78.7 Å². The van der Waals surface area contributed by atoms with Gasteiger partial charge in [-0.25, -0.2) is 0 Å². The third kappa shape index (κ3) is 5.54. The second-order valence-corrected chi connectivity index (χ2v) is 8.48. The van der Waals surface area contributed by atoms with Crippen molar-refractivity contribution >= 4 is 17.3 Å². The zero-order chi connectivity index (χ0) is 20.1. The van der Waals surface area contributed by atoms with Gasteiger partial charge in [0.1, 0.15) is 11.6 Å². The molecule has 2 bridgehead atoms. The molecule has 2 rings (SSSR count). The molecule has 27 heavy (non-hydrogen) atoms. The van der Waals surface area contributed by atoms with Crippen molar-refractivity contribution in [3.05, 3.63) is 11.9 Å². The average Bonchev–Trinajstić information content (AvgIpc) is 3.07. The van der Waals surface area contributed by atoms with Crippen molar-refractivity contribution in [2.75, 3.05) is 6.54 Å². The summed E-state index contributed by atoms with van der Waals surface area (Å²) in [6.07, 6.45) is 6.47. The fourth-order valence-electron chi connectivity index (χ4n) is 3.84. The molecule has 1 aromatic heterocycles. The number of carbonyl (C=O) groups excluding carboxylic acids is 3. The molecule has 1 aliphatic heterocycles. The Balaban J connectivity index is 2.29. The van der Waals surface area contributed by atoms with E-state index in [1.165, 1.54) is 0 Å². The van der Waals surface area contributed by atoms with Gasteiger partial charge in [0.2, 0.25) is 0 Å². The van der Waals surface area contributed by atoms with E-state index in [-0.39, 0.29) is 23.9 Å². The lowest BCUT2D eigenvalue weighted by atomic mass is 9.71. The summed E-state index contributed by atoms with van der Waals surface area (Å²) in [5, 5.41) is 8.38. The summed E-state index contributed by atoms with van der Waals surface area (Å²) in [5.41, 5.74) is 5.14. The van der Waals surface area contributed by atoms with E-state index in [4.69, 9.17) is 5.73 Å². The highest BCUT2D eigenvalue weighted by Crippen LogP contribution is 2.36. The molecule has 1 aromatic rings. The molecule has 0 aliphatic carbocycles. The molecule has 2 heterocycles. The standard InChI is InChI=1S/C20H32N4O3/c1-15(25)6-9-20(3)12-16-14-24(23-22-16)11-5-4-8-19(2,18(27)13-21)10-7-17(20)26/h14H,4-13,21H2,1-3H3/t19-,20+/m1/s1. The molecule has 0 spiro atoms. The van der Waals surface area contributed by atoms with Crippen molar-refractivity contribution in [3.63, 3.8) is 0 Å². The molecule has 0 saturated heterocycles. The second kappa shape index (κ2) is 8.87. The highest BCUT2D eigenvalue weighted by atomic mass is 16.1. The summed E-state index contributed by atoms with van der Waals surface area (Å²) < 4.78 is 1.80. The summed E-state index contributed by atoms with van der Waals surface area (Å²) in [6, 6.07) is 0. The first kappa shape index (κ1) is 21.4. The van der Waals surface area contributed by atoms with Gasteiger partial charge in [-0.05, 0) is 32.6 Å². The topological polar surface area (TPSA) is 108 Å². The SMILES string of the molecule is CC(=O)CC[C@@]1(C)Cc2cn(nn2)CCCC[C@@](C)(C(=O)CN)CCC1=O. The van der Waals surface area contributed by atoms with Gasteiger partial charge in [0.05, 0.1) is 12.2 Å². The maximum Gasteiger partial charge on any atom is 0.152 e. The normalized spacial score (nSPS) is 27.3. The number of Topliss-reactive ketones (excluding diaryl/α,β-unsaturated/α-hetero) is 3. The van der Waals surface area contributed by atoms with Crippen molar-refractivity contribution in [3.8, 4) is 0 Å². The monoisotopic (exact) mass is 376 g/mol. The molecule has 0 fully saturated rings. The third-order valence-corrected chi connectivity index (χ3v) is 5.99. The molecule has 150 valence electrons. The van der Waals surface area contributed by atoms with E-state index < -0.39 is 10.8 Å². The number of carbonyl (C=O) groups is 3. The van der Waals surface area contributed by atoms with Gasteiger partial charge in [0.25, 0.3) is 0 Å². The number of ketones is 3. The van der Waals surface area contributed by atoms with Crippen LogP contribution in [0.15, 0.2) is 6.20 Å². The molecule has 0 saturated carbocycles. The van der Waals surface area contributed by atoms with Crippen LogP contribution in [0, 0.1) is 10.8 Å². The molecule has 0 aromatic carbocycles. The number of hydrogen-bond acceptors (Lipinski definition) is 6. The maximum atomic E-state index is 13.2. The Labute approximate surface area is 161 Å². The van der Waals surface area contributed by atoms with Crippen LogP contribution in [0.3, 0.4) is 0 Å². The summed E-state index contributed by atoms with van der Waals surface area (Å²) >= 11 is 0. The van der Waals surface area contributed by atoms with Crippen molar-refractivity contribution < 1.29 is 14.4 Å². The molecule has 7 heteroatoms. The Morgan fingerprint density at radius 1 is 1.26 bits per heavy atom. The summed E-state index contributed by atoms with van der Waals surface area (Å²) in [6.45, 7) is 6.10. The van der Waals surface area contributed by atoms with Crippen LogP contribution in [-0.4, -0.2) is 38.9 Å². The highest BCUT2D eigenvalue weighted by molar-refractivity contribution is 5.89. The molecule has 0 radical (unpaired) electrons. The van der Waals surface area contributed by atoms with E-state index in [2.05, 4.69) is 10.3 Å². The number of nitrogens with zero attached hydrogens (tertiary/aromatic N) is 3. The zero-order valence-electron chi connectivity index (χ0n) is 16.8. The molecule has 2 atom stereocenters. The highest BCUT2D eigenvalue weighted by Gasteiger charge is 2.38. The predicted octanol–water partition coefficient (Wildman–Crippen LogP) is 2.26. The van der Waals surface area contributed by atoms with Gasteiger partial charge in [-0.3, -0.25) is 14.3 Å². The Morgan fingerprint density at radius 3 is 2.67 bits per heavy atom. The van der Waals surface area contributed by atoms with Crippen molar-refractivity contribution in [2.24, 2.45) is 16.6 Å². The van der Waals surface area contributed by atoms with Gasteiger partial charge >= 0.3 is 0 Å². The van der Waals surface area contributed by atoms with Gasteiger partial charge in [0, 0.05) is 42.8 Å². The lowest BCUT2D eigenvalue weighted by Crippen LogP contribution is -2.36. The smallest absolute Gasteiger partial charge is 0.152 e. The third-order valence-electron chi connectivity index (χ3n) is 5.99. The Kier molecular flexibility index (Phi) is 7.03. The predicted molar refractivity (Wildman–Crippen MR) is 102 cm³/mol. The molecule has 0 unspecified atom stereocenters. The van der Waals surface area contributed by atoms with Crippen LogP contribution < -0.4 is 5.73 Å². The average molecular weight is 377 g/mol. The Bertz CT molecular complexity index is 699. The summed E-state index contributed by atoms with van der Waals surface area (Å²) in [5.74, 6) is 0.158. The van der Waals surface area contributed by atoms with Crippen LogP contribution in [0.1, 0.15) is 71.4 Å². The van der Waals surface area contributed by atoms with Crippen molar-refractivity contribution in [1.82, 2.24) is 15.0 Å². The molecule has 2 N–H and O–H groups in total. The fourth-order valence-corrected chi connectivity index (χ4v) is 3.84. The Morgan fingerprint density at radius 2 is 2.00 bits per heavy atom. The molecule has 1 aliphatic rings. The lowest BCUT2D eigenvalue weighted by molar-refractivity contribution is -0.131. The number of rotatable bonds is 5. The first-order chi connectivity index (χ1) is 12.7. The van der Waals surface area contributed by atoms with Gasteiger partial charge in [-0.1, -0.05) is 25.5 Å². The van der Waals surface area contributed by atoms with Crippen LogP contribution >= 0.6 is 0 Å². The Hall–Kier alpha value is -1.89. The minimum atomic E-state index is -0.687. The molecular weight excluding hydrogens is 344 g/mol.